The van der Waals surface area contributed by atoms with Crippen LogP contribution in [0.15, 0.2) is 65.8 Å². The summed E-state index contributed by atoms with van der Waals surface area (Å²) < 4.78 is 64.6. The highest BCUT2D eigenvalue weighted by atomic mass is 32.2. The van der Waals surface area contributed by atoms with Crippen molar-refractivity contribution in [1.29, 1.82) is 0 Å². The third-order valence-electron chi connectivity index (χ3n) is 3.81. The molecule has 0 aliphatic carbocycles. The van der Waals surface area contributed by atoms with Gasteiger partial charge in [-0.05, 0) is 43.4 Å². The van der Waals surface area contributed by atoms with Crippen LogP contribution in [0, 0.1) is 0 Å². The molecule has 2 aromatic carbocycles. The van der Waals surface area contributed by atoms with Gasteiger partial charge in [0, 0.05) is 17.4 Å². The maximum Gasteiger partial charge on any atom is 0.416 e. The number of nitrogens with one attached hydrogen (secondary N) is 3. The Kier molecular flexibility index (Phi) is 5.71. The molecular formula is C18H16F3N5O2S. The molecule has 11 heteroatoms. The van der Waals surface area contributed by atoms with E-state index in [1.807, 2.05) is 0 Å². The number of nitrogens with zero attached hydrogens (tertiary/aromatic N) is 2. The van der Waals surface area contributed by atoms with Crippen molar-refractivity contribution in [2.45, 2.75) is 11.1 Å². The zero-order valence-corrected chi connectivity index (χ0v) is 15.8. The molecule has 0 aliphatic heterocycles. The van der Waals surface area contributed by atoms with E-state index in [9.17, 15) is 21.6 Å². The Labute approximate surface area is 165 Å². The number of aromatic nitrogens is 2. The Balaban J connectivity index is 1.80. The van der Waals surface area contributed by atoms with Gasteiger partial charge < -0.3 is 10.6 Å². The van der Waals surface area contributed by atoms with Crippen LogP contribution in [0.2, 0.25) is 0 Å². The number of hydrogen-bond donors (Lipinski definition) is 3. The Morgan fingerprint density at radius 1 is 0.862 bits per heavy atom. The molecule has 0 saturated heterocycles. The quantitative estimate of drug-likeness (QED) is 0.557. The minimum absolute atomic E-state index is 0.0707. The topological polar surface area (TPSA) is 96.0 Å². The van der Waals surface area contributed by atoms with E-state index in [4.69, 9.17) is 0 Å². The lowest BCUT2D eigenvalue weighted by molar-refractivity contribution is -0.137. The van der Waals surface area contributed by atoms with E-state index >= 15 is 0 Å². The molecule has 0 amide bonds. The van der Waals surface area contributed by atoms with Gasteiger partial charge in [0.25, 0.3) is 0 Å². The summed E-state index contributed by atoms with van der Waals surface area (Å²) in [4.78, 5) is 8.10. The predicted octanol–water partition coefficient (Wildman–Crippen LogP) is 3.89. The minimum atomic E-state index is -4.45. The zero-order valence-electron chi connectivity index (χ0n) is 15.0. The van der Waals surface area contributed by atoms with E-state index in [0.29, 0.717) is 11.5 Å². The van der Waals surface area contributed by atoms with Crippen LogP contribution < -0.4 is 15.4 Å². The molecule has 1 heterocycles. The average molecular weight is 423 g/mol. The van der Waals surface area contributed by atoms with Crippen LogP contribution in [0.4, 0.5) is 36.2 Å². The Bertz CT molecular complexity index is 1120. The van der Waals surface area contributed by atoms with E-state index < -0.39 is 21.8 Å². The molecule has 0 fully saturated rings. The van der Waals surface area contributed by atoms with Crippen molar-refractivity contribution in [3.05, 3.63) is 66.5 Å². The molecule has 0 unspecified atom stereocenters. The van der Waals surface area contributed by atoms with E-state index in [1.165, 1.54) is 43.7 Å². The smallest absolute Gasteiger partial charge is 0.340 e. The lowest BCUT2D eigenvalue weighted by atomic mass is 10.2. The van der Waals surface area contributed by atoms with Gasteiger partial charge in [0.15, 0.2) is 0 Å². The molecule has 7 nitrogen and oxygen atoms in total. The van der Waals surface area contributed by atoms with Crippen molar-refractivity contribution in [2.24, 2.45) is 0 Å². The summed E-state index contributed by atoms with van der Waals surface area (Å²) in [5.41, 5.74) is -0.103. The second-order valence-corrected chi connectivity index (χ2v) is 7.74. The molecule has 152 valence electrons. The highest BCUT2D eigenvalue weighted by molar-refractivity contribution is 7.89. The first-order chi connectivity index (χ1) is 13.7. The van der Waals surface area contributed by atoms with Gasteiger partial charge in [-0.25, -0.2) is 23.1 Å². The largest absolute Gasteiger partial charge is 0.416 e. The van der Waals surface area contributed by atoms with Crippen LogP contribution in [-0.2, 0) is 16.2 Å². The molecule has 29 heavy (non-hydrogen) atoms. The lowest BCUT2D eigenvalue weighted by Crippen LogP contribution is -2.18. The second-order valence-electron chi connectivity index (χ2n) is 5.85. The van der Waals surface area contributed by atoms with Crippen molar-refractivity contribution in [3.63, 3.8) is 0 Å². The fourth-order valence-corrected chi connectivity index (χ4v) is 3.20. The first-order valence-electron chi connectivity index (χ1n) is 8.24. The van der Waals surface area contributed by atoms with Gasteiger partial charge in [0.05, 0.1) is 10.5 Å². The summed E-state index contributed by atoms with van der Waals surface area (Å²) in [6.45, 7) is 0. The molecule has 3 aromatic rings. The van der Waals surface area contributed by atoms with Crippen molar-refractivity contribution < 1.29 is 21.6 Å². The summed E-state index contributed by atoms with van der Waals surface area (Å²) in [5.74, 6) is 0.592. The molecule has 0 aliphatic rings. The second kappa shape index (κ2) is 8.05. The molecule has 3 N–H and O–H groups in total. The van der Waals surface area contributed by atoms with E-state index in [1.54, 1.807) is 12.1 Å². The van der Waals surface area contributed by atoms with Gasteiger partial charge in [0.2, 0.25) is 10.0 Å². The highest BCUT2D eigenvalue weighted by Crippen LogP contribution is 2.31. The monoisotopic (exact) mass is 423 g/mol. The Morgan fingerprint density at radius 2 is 1.45 bits per heavy atom. The number of hydrogen-bond acceptors (Lipinski definition) is 6. The molecular weight excluding hydrogens is 407 g/mol. The Morgan fingerprint density at radius 3 is 2.03 bits per heavy atom. The summed E-state index contributed by atoms with van der Waals surface area (Å²) in [6.07, 6.45) is -3.22. The predicted molar refractivity (Wildman–Crippen MR) is 103 cm³/mol. The number of rotatable bonds is 6. The van der Waals surface area contributed by atoms with E-state index in [-0.39, 0.29) is 16.4 Å². The third-order valence-corrected chi connectivity index (χ3v) is 5.23. The maximum absolute atomic E-state index is 12.8. The van der Waals surface area contributed by atoms with E-state index in [0.717, 1.165) is 12.1 Å². The first kappa shape index (κ1) is 20.6. The van der Waals surface area contributed by atoms with Gasteiger partial charge in [-0.15, -0.1) is 0 Å². The SMILES string of the molecule is CNS(=O)(=O)c1cccc(Nc2cc(Nc3cccc(C(F)(F)F)c3)ncn2)c1. The summed E-state index contributed by atoms with van der Waals surface area (Å²) in [7, 11) is -2.29. The molecule has 0 spiro atoms. The van der Waals surface area contributed by atoms with Gasteiger partial charge in [-0.1, -0.05) is 12.1 Å². The standard InChI is InChI=1S/C18H16F3N5O2S/c1-22-29(27,28)15-7-3-6-14(9-15)26-17-10-16(23-11-24-17)25-13-5-2-4-12(8-13)18(19,20)21/h2-11,22H,1H3,(H2,23,24,25,26). The summed E-state index contributed by atoms with van der Waals surface area (Å²) in [6, 6.07) is 12.3. The van der Waals surface area contributed by atoms with Crippen molar-refractivity contribution >= 4 is 33.0 Å². The van der Waals surface area contributed by atoms with Crippen LogP contribution in [0.25, 0.3) is 0 Å². The van der Waals surface area contributed by atoms with Crippen molar-refractivity contribution in [2.75, 3.05) is 17.7 Å². The van der Waals surface area contributed by atoms with Gasteiger partial charge >= 0.3 is 6.18 Å². The van der Waals surface area contributed by atoms with Gasteiger partial charge in [-0.2, -0.15) is 13.2 Å². The number of halogens is 3. The number of benzene rings is 2. The highest BCUT2D eigenvalue weighted by Gasteiger charge is 2.30. The van der Waals surface area contributed by atoms with Crippen LogP contribution in [-0.4, -0.2) is 25.4 Å². The molecule has 1 aromatic heterocycles. The first-order valence-corrected chi connectivity index (χ1v) is 9.73. The van der Waals surface area contributed by atoms with Crippen LogP contribution in [0.1, 0.15) is 5.56 Å². The zero-order chi connectivity index (χ0) is 21.1. The molecule has 0 atom stereocenters. The summed E-state index contributed by atoms with van der Waals surface area (Å²) >= 11 is 0. The van der Waals surface area contributed by atoms with Crippen LogP contribution >= 0.6 is 0 Å². The molecule has 0 radical (unpaired) electrons. The van der Waals surface area contributed by atoms with Crippen molar-refractivity contribution in [3.8, 4) is 0 Å². The minimum Gasteiger partial charge on any atom is -0.340 e. The third kappa shape index (κ3) is 5.21. The van der Waals surface area contributed by atoms with Crippen molar-refractivity contribution in [1.82, 2.24) is 14.7 Å². The molecule has 0 bridgehead atoms. The lowest BCUT2D eigenvalue weighted by Gasteiger charge is -2.11. The van der Waals surface area contributed by atoms with Gasteiger partial charge in [-0.3, -0.25) is 0 Å². The van der Waals surface area contributed by atoms with E-state index in [2.05, 4.69) is 25.3 Å². The molecule has 3 rings (SSSR count). The average Bonchev–Trinajstić information content (AvgIpc) is 2.68. The fraction of sp³-hybridized carbons (Fsp3) is 0.111. The Hall–Kier alpha value is -3.18. The number of sulfonamides is 1. The maximum atomic E-state index is 12.8. The number of anilines is 4. The fourth-order valence-electron chi connectivity index (χ4n) is 2.42. The number of alkyl halides is 3. The van der Waals surface area contributed by atoms with Gasteiger partial charge in [0.1, 0.15) is 18.0 Å². The molecule has 0 saturated carbocycles. The normalized spacial score (nSPS) is 11.9. The van der Waals surface area contributed by atoms with Crippen LogP contribution in [0.5, 0.6) is 0 Å². The van der Waals surface area contributed by atoms with Crippen LogP contribution in [0.3, 0.4) is 0 Å². The summed E-state index contributed by atoms with van der Waals surface area (Å²) in [5, 5.41) is 5.73.